The first kappa shape index (κ1) is 18.2. The lowest BCUT2D eigenvalue weighted by Gasteiger charge is -2.05. The number of nitrogens with one attached hydrogen (secondary N) is 1. The SMILES string of the molecule is COC(=O)c1cccc(OCc2noc(CC3CCNC3)n2)c1.Cl. The maximum Gasteiger partial charge on any atom is 0.337 e. The zero-order valence-electron chi connectivity index (χ0n) is 13.4. The molecule has 8 heteroatoms. The summed E-state index contributed by atoms with van der Waals surface area (Å²) in [6.07, 6.45) is 1.92. The highest BCUT2D eigenvalue weighted by molar-refractivity contribution is 5.89. The number of esters is 1. The van der Waals surface area contributed by atoms with Crippen LogP contribution in [0, 0.1) is 5.92 Å². The Balaban J connectivity index is 0.00000208. The van der Waals surface area contributed by atoms with Crippen molar-refractivity contribution in [3.8, 4) is 5.75 Å². The van der Waals surface area contributed by atoms with Crippen LogP contribution in [-0.4, -0.2) is 36.3 Å². The normalized spacial score (nSPS) is 16.5. The van der Waals surface area contributed by atoms with Gasteiger partial charge in [0.2, 0.25) is 11.7 Å². The predicted molar refractivity (Wildman–Crippen MR) is 88.3 cm³/mol. The van der Waals surface area contributed by atoms with Crippen LogP contribution in [0.1, 0.15) is 28.5 Å². The van der Waals surface area contributed by atoms with Crippen LogP contribution < -0.4 is 10.1 Å². The molecule has 0 saturated carbocycles. The molecular weight excluding hydrogens is 334 g/mol. The van der Waals surface area contributed by atoms with Crippen LogP contribution in [-0.2, 0) is 17.8 Å². The molecule has 1 fully saturated rings. The fraction of sp³-hybridized carbons (Fsp3) is 0.438. The average Bonchev–Trinajstić information content (AvgIpc) is 3.25. The minimum Gasteiger partial charge on any atom is -0.485 e. The van der Waals surface area contributed by atoms with Crippen molar-refractivity contribution in [2.45, 2.75) is 19.4 Å². The fourth-order valence-corrected chi connectivity index (χ4v) is 2.55. The summed E-state index contributed by atoms with van der Waals surface area (Å²) in [5.41, 5.74) is 0.438. The molecule has 1 saturated heterocycles. The van der Waals surface area contributed by atoms with Crippen molar-refractivity contribution in [1.82, 2.24) is 15.5 Å². The first-order chi connectivity index (χ1) is 11.2. The number of hydrogen-bond donors (Lipinski definition) is 1. The summed E-state index contributed by atoms with van der Waals surface area (Å²) in [6, 6.07) is 6.78. The minimum atomic E-state index is -0.400. The summed E-state index contributed by atoms with van der Waals surface area (Å²) in [7, 11) is 1.34. The van der Waals surface area contributed by atoms with E-state index in [1.807, 2.05) is 0 Å². The van der Waals surface area contributed by atoms with Gasteiger partial charge < -0.3 is 19.3 Å². The van der Waals surface area contributed by atoms with E-state index in [4.69, 9.17) is 9.26 Å². The lowest BCUT2D eigenvalue weighted by molar-refractivity contribution is 0.0600. The zero-order chi connectivity index (χ0) is 16.1. The van der Waals surface area contributed by atoms with E-state index in [-0.39, 0.29) is 19.0 Å². The maximum atomic E-state index is 11.5. The van der Waals surface area contributed by atoms with Gasteiger partial charge in [-0.3, -0.25) is 0 Å². The van der Waals surface area contributed by atoms with Gasteiger partial charge in [0.1, 0.15) is 5.75 Å². The molecule has 1 aliphatic rings. The van der Waals surface area contributed by atoms with E-state index in [1.165, 1.54) is 7.11 Å². The molecule has 0 radical (unpaired) electrons. The second kappa shape index (κ2) is 8.65. The molecule has 3 rings (SSSR count). The number of carbonyl (C=O) groups excluding carboxylic acids is 1. The number of halogens is 1. The van der Waals surface area contributed by atoms with E-state index < -0.39 is 5.97 Å². The third-order valence-corrected chi connectivity index (χ3v) is 3.76. The molecule has 1 unspecified atom stereocenters. The Morgan fingerprint density at radius 1 is 1.46 bits per heavy atom. The van der Waals surface area contributed by atoms with Crippen molar-refractivity contribution in [2.24, 2.45) is 5.92 Å². The summed E-state index contributed by atoms with van der Waals surface area (Å²) in [5, 5.41) is 7.24. The van der Waals surface area contributed by atoms with Gasteiger partial charge >= 0.3 is 5.97 Å². The molecule has 1 atom stereocenters. The molecule has 2 aromatic rings. The van der Waals surface area contributed by atoms with Gasteiger partial charge in [0.05, 0.1) is 12.7 Å². The third-order valence-electron chi connectivity index (χ3n) is 3.76. The Morgan fingerprint density at radius 2 is 2.33 bits per heavy atom. The monoisotopic (exact) mass is 353 g/mol. The number of hydrogen-bond acceptors (Lipinski definition) is 7. The smallest absolute Gasteiger partial charge is 0.337 e. The zero-order valence-corrected chi connectivity index (χ0v) is 14.2. The van der Waals surface area contributed by atoms with Crippen molar-refractivity contribution in [2.75, 3.05) is 20.2 Å². The van der Waals surface area contributed by atoms with Gasteiger partial charge in [0.25, 0.3) is 0 Å². The van der Waals surface area contributed by atoms with Crippen LogP contribution >= 0.6 is 12.4 Å². The highest BCUT2D eigenvalue weighted by Crippen LogP contribution is 2.17. The van der Waals surface area contributed by atoms with Gasteiger partial charge in [-0.25, -0.2) is 4.79 Å². The molecule has 24 heavy (non-hydrogen) atoms. The Morgan fingerprint density at radius 3 is 3.08 bits per heavy atom. The van der Waals surface area contributed by atoms with E-state index in [2.05, 4.69) is 20.2 Å². The van der Waals surface area contributed by atoms with Crippen molar-refractivity contribution in [1.29, 1.82) is 0 Å². The second-order valence-electron chi connectivity index (χ2n) is 5.48. The van der Waals surface area contributed by atoms with E-state index in [9.17, 15) is 4.79 Å². The molecule has 2 heterocycles. The largest absolute Gasteiger partial charge is 0.485 e. The molecule has 7 nitrogen and oxygen atoms in total. The molecule has 1 N–H and O–H groups in total. The van der Waals surface area contributed by atoms with Crippen LogP contribution in [0.25, 0.3) is 0 Å². The summed E-state index contributed by atoms with van der Waals surface area (Å²) >= 11 is 0. The minimum absolute atomic E-state index is 0. The molecule has 1 aromatic carbocycles. The third kappa shape index (κ3) is 4.69. The number of carbonyl (C=O) groups is 1. The highest BCUT2D eigenvalue weighted by atomic mass is 35.5. The summed E-state index contributed by atoms with van der Waals surface area (Å²) < 4.78 is 15.5. The standard InChI is InChI=1S/C16H19N3O4.ClH/c1-21-16(20)12-3-2-4-13(8-12)22-10-14-18-15(23-19-14)7-11-5-6-17-9-11;/h2-4,8,11,17H,5-7,9-10H2,1H3;1H. The van der Waals surface area contributed by atoms with Gasteiger partial charge in [-0.15, -0.1) is 12.4 Å². The van der Waals surface area contributed by atoms with Crippen molar-refractivity contribution >= 4 is 18.4 Å². The molecule has 0 aliphatic carbocycles. The lowest BCUT2D eigenvalue weighted by atomic mass is 10.1. The molecule has 0 amide bonds. The highest BCUT2D eigenvalue weighted by Gasteiger charge is 2.18. The van der Waals surface area contributed by atoms with E-state index in [0.29, 0.717) is 28.9 Å². The van der Waals surface area contributed by atoms with E-state index in [0.717, 1.165) is 25.9 Å². The predicted octanol–water partition coefficient (Wildman–Crippen LogP) is 2.01. The van der Waals surface area contributed by atoms with Crippen molar-refractivity contribution in [3.05, 3.63) is 41.5 Å². The Kier molecular flexibility index (Phi) is 6.57. The first-order valence-electron chi connectivity index (χ1n) is 7.58. The Hall–Kier alpha value is -2.12. The van der Waals surface area contributed by atoms with Gasteiger partial charge in [-0.1, -0.05) is 11.2 Å². The summed E-state index contributed by atoms with van der Waals surface area (Å²) in [6.45, 7) is 2.23. The van der Waals surface area contributed by atoms with Crippen LogP contribution in [0.3, 0.4) is 0 Å². The maximum absolute atomic E-state index is 11.5. The molecule has 1 aromatic heterocycles. The van der Waals surface area contributed by atoms with E-state index >= 15 is 0 Å². The van der Waals surface area contributed by atoms with Gasteiger partial charge in [-0.2, -0.15) is 4.98 Å². The Labute approximate surface area is 146 Å². The van der Waals surface area contributed by atoms with Gasteiger partial charge in [-0.05, 0) is 43.6 Å². The van der Waals surface area contributed by atoms with Crippen LogP contribution in [0.4, 0.5) is 0 Å². The van der Waals surface area contributed by atoms with Crippen LogP contribution in [0.5, 0.6) is 5.75 Å². The number of rotatable bonds is 6. The molecular formula is C16H20ClN3O4. The van der Waals surface area contributed by atoms with Gasteiger partial charge in [0, 0.05) is 6.42 Å². The van der Waals surface area contributed by atoms with Crippen molar-refractivity contribution in [3.63, 3.8) is 0 Å². The summed E-state index contributed by atoms with van der Waals surface area (Å²) in [5.74, 6) is 1.85. The number of aromatic nitrogens is 2. The lowest BCUT2D eigenvalue weighted by Crippen LogP contribution is -2.11. The quantitative estimate of drug-likeness (QED) is 0.795. The molecule has 0 spiro atoms. The average molecular weight is 354 g/mol. The number of methoxy groups -OCH3 is 1. The fourth-order valence-electron chi connectivity index (χ4n) is 2.55. The van der Waals surface area contributed by atoms with E-state index in [1.54, 1.807) is 24.3 Å². The first-order valence-corrected chi connectivity index (χ1v) is 7.58. The molecule has 0 bridgehead atoms. The molecule has 130 valence electrons. The number of ether oxygens (including phenoxy) is 2. The second-order valence-corrected chi connectivity index (χ2v) is 5.48. The van der Waals surface area contributed by atoms with Crippen LogP contribution in [0.2, 0.25) is 0 Å². The van der Waals surface area contributed by atoms with Crippen LogP contribution in [0.15, 0.2) is 28.8 Å². The molecule has 1 aliphatic heterocycles. The van der Waals surface area contributed by atoms with Crippen molar-refractivity contribution < 1.29 is 18.8 Å². The number of benzene rings is 1. The number of nitrogens with zero attached hydrogens (tertiary/aromatic N) is 2. The topological polar surface area (TPSA) is 86.5 Å². The Bertz CT molecular complexity index is 671. The van der Waals surface area contributed by atoms with Gasteiger partial charge in [0.15, 0.2) is 6.61 Å². The summed E-state index contributed by atoms with van der Waals surface area (Å²) in [4.78, 5) is 15.8.